The van der Waals surface area contributed by atoms with Gasteiger partial charge in [-0.25, -0.2) is 0 Å². The normalized spacial score (nSPS) is 16.4. The Morgan fingerprint density at radius 2 is 1.91 bits per heavy atom. The summed E-state index contributed by atoms with van der Waals surface area (Å²) in [7, 11) is 0. The maximum absolute atomic E-state index is 11.5. The highest BCUT2D eigenvalue weighted by atomic mass is 16.1. The van der Waals surface area contributed by atoms with Crippen LogP contribution in [0.5, 0.6) is 0 Å². The van der Waals surface area contributed by atoms with Gasteiger partial charge in [0, 0.05) is 18.3 Å². The molecule has 0 saturated carbocycles. The molecule has 0 radical (unpaired) electrons. The summed E-state index contributed by atoms with van der Waals surface area (Å²) in [5.74, 6) is 0.407. The quantitative estimate of drug-likeness (QED) is 0.944. The van der Waals surface area contributed by atoms with Crippen molar-refractivity contribution < 1.29 is 4.79 Å². The van der Waals surface area contributed by atoms with E-state index in [1.807, 2.05) is 12.1 Å². The first-order valence-electron chi connectivity index (χ1n) is 8.20. The molecule has 1 aliphatic heterocycles. The third-order valence-electron chi connectivity index (χ3n) is 4.58. The third-order valence-corrected chi connectivity index (χ3v) is 4.58. The second kappa shape index (κ2) is 6.92. The van der Waals surface area contributed by atoms with Gasteiger partial charge in [-0.3, -0.25) is 14.7 Å². The van der Waals surface area contributed by atoms with E-state index in [9.17, 15) is 4.79 Å². The Hall–Kier alpha value is -2.20. The molecule has 2 aromatic rings. The van der Waals surface area contributed by atoms with E-state index >= 15 is 0 Å². The number of piperidine rings is 1. The number of hydrogen-bond donors (Lipinski definition) is 1. The molecule has 1 aromatic heterocycles. The van der Waals surface area contributed by atoms with Gasteiger partial charge >= 0.3 is 0 Å². The van der Waals surface area contributed by atoms with Crippen molar-refractivity contribution >= 4 is 5.91 Å². The van der Waals surface area contributed by atoms with E-state index in [-0.39, 0.29) is 0 Å². The number of pyridine rings is 1. The topological polar surface area (TPSA) is 59.2 Å². The maximum atomic E-state index is 11.5. The minimum Gasteiger partial charge on any atom is -0.366 e. The Labute approximate surface area is 137 Å². The Balaban J connectivity index is 1.74. The van der Waals surface area contributed by atoms with Crippen molar-refractivity contribution in [2.24, 2.45) is 11.7 Å². The summed E-state index contributed by atoms with van der Waals surface area (Å²) in [6.07, 6.45) is 4.26. The van der Waals surface area contributed by atoms with Gasteiger partial charge in [-0.2, -0.15) is 0 Å². The van der Waals surface area contributed by atoms with Gasteiger partial charge in [0.1, 0.15) is 0 Å². The van der Waals surface area contributed by atoms with Crippen molar-refractivity contribution in [3.05, 3.63) is 53.7 Å². The molecule has 2 N–H and O–H groups in total. The Morgan fingerprint density at radius 1 is 1.22 bits per heavy atom. The van der Waals surface area contributed by atoms with E-state index in [4.69, 9.17) is 5.73 Å². The number of carbonyl (C=O) groups is 1. The van der Waals surface area contributed by atoms with Gasteiger partial charge in [0.15, 0.2) is 0 Å². The largest absolute Gasteiger partial charge is 0.366 e. The zero-order valence-corrected chi connectivity index (χ0v) is 13.5. The first-order chi connectivity index (χ1) is 11.1. The molecular formula is C19H23N3O. The third kappa shape index (κ3) is 3.77. The fraction of sp³-hybridized carbons (Fsp3) is 0.368. The predicted molar refractivity (Wildman–Crippen MR) is 91.9 cm³/mol. The number of likely N-dealkylation sites (tertiary alicyclic amines) is 1. The maximum Gasteiger partial charge on any atom is 0.250 e. The van der Waals surface area contributed by atoms with E-state index in [1.165, 1.54) is 31.5 Å². The summed E-state index contributed by atoms with van der Waals surface area (Å²) in [5, 5.41) is 0. The molecule has 1 saturated heterocycles. The van der Waals surface area contributed by atoms with Crippen LogP contribution in [0.2, 0.25) is 0 Å². The van der Waals surface area contributed by atoms with E-state index in [0.717, 1.165) is 18.0 Å². The smallest absolute Gasteiger partial charge is 0.250 e. The van der Waals surface area contributed by atoms with Gasteiger partial charge in [-0.05, 0) is 49.5 Å². The lowest BCUT2D eigenvalue weighted by molar-refractivity contribution is 0.100. The highest BCUT2D eigenvalue weighted by Crippen LogP contribution is 2.23. The van der Waals surface area contributed by atoms with Crippen molar-refractivity contribution in [3.8, 4) is 11.3 Å². The van der Waals surface area contributed by atoms with Crippen molar-refractivity contribution in [2.45, 2.75) is 26.3 Å². The van der Waals surface area contributed by atoms with Crippen LogP contribution in [0.15, 0.2) is 42.6 Å². The standard InChI is InChI=1S/C19H23N3O/c1-14-8-11-22(12-9-14)13-15-4-6-16(7-5-15)18-17(19(20)23)3-2-10-21-18/h2-7,10,14H,8-9,11-13H2,1H3,(H2,20,23). The lowest BCUT2D eigenvalue weighted by Gasteiger charge is -2.30. The predicted octanol–water partition coefficient (Wildman–Crippen LogP) is 3.08. The highest BCUT2D eigenvalue weighted by Gasteiger charge is 2.16. The molecule has 0 bridgehead atoms. The number of benzene rings is 1. The molecule has 1 aromatic carbocycles. The van der Waals surface area contributed by atoms with Crippen LogP contribution in [0.3, 0.4) is 0 Å². The van der Waals surface area contributed by atoms with Crippen LogP contribution in [0.25, 0.3) is 11.3 Å². The number of hydrogen-bond acceptors (Lipinski definition) is 3. The minimum absolute atomic E-state index is 0.445. The summed E-state index contributed by atoms with van der Waals surface area (Å²) in [6.45, 7) is 5.66. The lowest BCUT2D eigenvalue weighted by Crippen LogP contribution is -2.32. The summed E-state index contributed by atoms with van der Waals surface area (Å²) >= 11 is 0. The zero-order valence-electron chi connectivity index (χ0n) is 13.5. The highest BCUT2D eigenvalue weighted by molar-refractivity contribution is 5.98. The average molecular weight is 309 g/mol. The Bertz CT molecular complexity index is 673. The van der Waals surface area contributed by atoms with Crippen molar-refractivity contribution in [1.29, 1.82) is 0 Å². The Morgan fingerprint density at radius 3 is 2.57 bits per heavy atom. The molecule has 0 spiro atoms. The SMILES string of the molecule is CC1CCN(Cc2ccc(-c3ncccc3C(N)=O)cc2)CC1. The molecule has 23 heavy (non-hydrogen) atoms. The van der Waals surface area contributed by atoms with E-state index in [0.29, 0.717) is 11.3 Å². The van der Waals surface area contributed by atoms with Crippen LogP contribution < -0.4 is 5.73 Å². The molecule has 4 nitrogen and oxygen atoms in total. The molecule has 0 aliphatic carbocycles. The second-order valence-corrected chi connectivity index (χ2v) is 6.42. The molecule has 1 fully saturated rings. The fourth-order valence-corrected chi connectivity index (χ4v) is 3.08. The first-order valence-corrected chi connectivity index (χ1v) is 8.20. The molecule has 4 heteroatoms. The summed E-state index contributed by atoms with van der Waals surface area (Å²) < 4.78 is 0. The number of primary amides is 1. The number of rotatable bonds is 4. The van der Waals surface area contributed by atoms with Crippen LogP contribution in [-0.2, 0) is 6.54 Å². The van der Waals surface area contributed by atoms with Crippen molar-refractivity contribution in [1.82, 2.24) is 9.88 Å². The molecule has 1 amide bonds. The number of nitrogens with two attached hydrogens (primary N) is 1. The van der Waals surface area contributed by atoms with Crippen molar-refractivity contribution in [3.63, 3.8) is 0 Å². The van der Waals surface area contributed by atoms with Gasteiger partial charge in [-0.15, -0.1) is 0 Å². The van der Waals surface area contributed by atoms with Gasteiger partial charge in [0.25, 0.3) is 5.91 Å². The van der Waals surface area contributed by atoms with Crippen molar-refractivity contribution in [2.75, 3.05) is 13.1 Å². The minimum atomic E-state index is -0.445. The van der Waals surface area contributed by atoms with E-state index in [2.05, 4.69) is 28.9 Å². The van der Waals surface area contributed by atoms with Gasteiger partial charge in [0.05, 0.1) is 11.3 Å². The monoisotopic (exact) mass is 309 g/mol. The number of aromatic nitrogens is 1. The summed E-state index contributed by atoms with van der Waals surface area (Å²) in [5.41, 5.74) is 8.76. The molecule has 3 rings (SSSR count). The first kappa shape index (κ1) is 15.7. The molecule has 0 unspecified atom stereocenters. The summed E-state index contributed by atoms with van der Waals surface area (Å²) in [4.78, 5) is 18.3. The van der Waals surface area contributed by atoms with E-state index < -0.39 is 5.91 Å². The van der Waals surface area contributed by atoms with E-state index in [1.54, 1.807) is 18.3 Å². The average Bonchev–Trinajstić information content (AvgIpc) is 2.58. The fourth-order valence-electron chi connectivity index (χ4n) is 3.08. The molecule has 2 heterocycles. The van der Waals surface area contributed by atoms with Crippen LogP contribution >= 0.6 is 0 Å². The molecule has 120 valence electrons. The lowest BCUT2D eigenvalue weighted by atomic mass is 9.98. The van der Waals surface area contributed by atoms with Gasteiger partial charge in [-0.1, -0.05) is 31.2 Å². The molecular weight excluding hydrogens is 286 g/mol. The number of amides is 1. The molecule has 0 atom stereocenters. The Kier molecular flexibility index (Phi) is 4.72. The van der Waals surface area contributed by atoms with Gasteiger partial charge < -0.3 is 5.73 Å². The second-order valence-electron chi connectivity index (χ2n) is 6.42. The van der Waals surface area contributed by atoms with Crippen LogP contribution in [-0.4, -0.2) is 28.9 Å². The number of carbonyl (C=O) groups excluding carboxylic acids is 1. The number of nitrogens with zero attached hydrogens (tertiary/aromatic N) is 2. The summed E-state index contributed by atoms with van der Waals surface area (Å²) in [6, 6.07) is 11.7. The zero-order chi connectivity index (χ0) is 16.2. The van der Waals surface area contributed by atoms with Gasteiger partial charge in [0.2, 0.25) is 0 Å². The molecule has 1 aliphatic rings. The van der Waals surface area contributed by atoms with Crippen LogP contribution in [0.1, 0.15) is 35.7 Å². The van der Waals surface area contributed by atoms with Crippen LogP contribution in [0.4, 0.5) is 0 Å². The van der Waals surface area contributed by atoms with Crippen LogP contribution in [0, 0.1) is 5.92 Å².